The van der Waals surface area contributed by atoms with Gasteiger partial charge >= 0.3 is 0 Å². The lowest BCUT2D eigenvalue weighted by Gasteiger charge is -2.39. The second kappa shape index (κ2) is 6.65. The summed E-state index contributed by atoms with van der Waals surface area (Å²) in [5.74, 6) is -1.06. The van der Waals surface area contributed by atoms with Crippen LogP contribution in [0.4, 0.5) is 8.78 Å². The molecule has 2 aliphatic heterocycles. The topological polar surface area (TPSA) is 43.8 Å². The van der Waals surface area contributed by atoms with E-state index in [4.69, 9.17) is 0 Å². The molecule has 0 aliphatic carbocycles. The van der Waals surface area contributed by atoms with Gasteiger partial charge in [0.1, 0.15) is 11.6 Å². The molecule has 1 atom stereocenters. The van der Waals surface area contributed by atoms with E-state index >= 15 is 0 Å². The zero-order chi connectivity index (χ0) is 18.2. The number of piperidine rings is 1. The molecule has 0 radical (unpaired) electrons. The van der Waals surface area contributed by atoms with Crippen molar-refractivity contribution in [3.63, 3.8) is 0 Å². The lowest BCUT2D eigenvalue weighted by Crippen LogP contribution is -2.46. The number of carbonyl (C=O) groups excluding carboxylic acids is 1. The van der Waals surface area contributed by atoms with Crippen molar-refractivity contribution in [2.75, 3.05) is 26.2 Å². The Hall–Kier alpha value is -1.53. The number of hydrogen-bond acceptors (Lipinski definition) is 3. The van der Waals surface area contributed by atoms with Gasteiger partial charge in [0.25, 0.3) is 0 Å². The molecule has 1 aromatic carbocycles. The molecule has 1 aromatic rings. The van der Waals surface area contributed by atoms with Crippen molar-refractivity contribution >= 4 is 5.91 Å². The van der Waals surface area contributed by atoms with Gasteiger partial charge in [-0.15, -0.1) is 0 Å². The Kier molecular flexibility index (Phi) is 4.86. The first-order chi connectivity index (χ1) is 11.8. The van der Waals surface area contributed by atoms with Crippen molar-refractivity contribution in [3.8, 4) is 0 Å². The van der Waals surface area contributed by atoms with Gasteiger partial charge in [0.2, 0.25) is 5.91 Å². The largest absolute Gasteiger partial charge is 0.394 e. The van der Waals surface area contributed by atoms with Crippen LogP contribution < -0.4 is 0 Å². The summed E-state index contributed by atoms with van der Waals surface area (Å²) >= 11 is 0. The number of benzene rings is 1. The summed E-state index contributed by atoms with van der Waals surface area (Å²) in [6, 6.07) is 3.72. The van der Waals surface area contributed by atoms with Gasteiger partial charge in [0, 0.05) is 31.6 Å². The van der Waals surface area contributed by atoms with E-state index in [1.807, 2.05) is 11.8 Å². The average Bonchev–Trinajstić information content (AvgIpc) is 2.86. The van der Waals surface area contributed by atoms with Crippen LogP contribution >= 0.6 is 0 Å². The highest BCUT2D eigenvalue weighted by Gasteiger charge is 2.52. The Morgan fingerprint density at radius 2 is 1.96 bits per heavy atom. The van der Waals surface area contributed by atoms with Gasteiger partial charge in [0.05, 0.1) is 12.1 Å². The minimum Gasteiger partial charge on any atom is -0.394 e. The van der Waals surface area contributed by atoms with Crippen LogP contribution in [0.25, 0.3) is 0 Å². The summed E-state index contributed by atoms with van der Waals surface area (Å²) < 4.78 is 26.9. The summed E-state index contributed by atoms with van der Waals surface area (Å²) in [6.45, 7) is 6.24. The van der Waals surface area contributed by atoms with E-state index in [1.165, 1.54) is 12.1 Å². The molecule has 2 fully saturated rings. The Morgan fingerprint density at radius 3 is 2.48 bits per heavy atom. The normalized spacial score (nSPS) is 26.4. The van der Waals surface area contributed by atoms with Gasteiger partial charge < -0.3 is 10.0 Å². The first kappa shape index (κ1) is 18.3. The van der Waals surface area contributed by atoms with Crippen LogP contribution in [-0.2, 0) is 11.3 Å². The van der Waals surface area contributed by atoms with Crippen LogP contribution in [0.5, 0.6) is 0 Å². The van der Waals surface area contributed by atoms with Crippen LogP contribution in [0.15, 0.2) is 18.2 Å². The van der Waals surface area contributed by atoms with E-state index < -0.39 is 17.2 Å². The van der Waals surface area contributed by atoms with Crippen LogP contribution in [0.2, 0.25) is 0 Å². The third-order valence-corrected chi connectivity index (χ3v) is 5.95. The Balaban J connectivity index is 1.65. The molecule has 1 spiro atoms. The molecule has 2 saturated heterocycles. The van der Waals surface area contributed by atoms with Crippen LogP contribution in [0.1, 0.15) is 38.7 Å². The minimum atomic E-state index is -0.558. The SMILES string of the molecule is CC(=O)N1CC2(CCN(Cc3ccc(F)cc3F)CC2)C[C@]1(C)CO. The highest BCUT2D eigenvalue weighted by molar-refractivity contribution is 5.74. The molecule has 138 valence electrons. The van der Waals surface area contributed by atoms with Gasteiger partial charge in [-0.2, -0.15) is 0 Å². The maximum absolute atomic E-state index is 13.8. The number of likely N-dealkylation sites (tertiary alicyclic amines) is 2. The maximum Gasteiger partial charge on any atom is 0.219 e. The number of amides is 1. The number of nitrogens with zero attached hydrogens (tertiary/aromatic N) is 2. The monoisotopic (exact) mass is 352 g/mol. The molecule has 2 heterocycles. The fourth-order valence-electron chi connectivity index (χ4n) is 4.53. The number of rotatable bonds is 3. The zero-order valence-electron chi connectivity index (χ0n) is 14.9. The first-order valence-electron chi connectivity index (χ1n) is 8.82. The maximum atomic E-state index is 13.8. The van der Waals surface area contributed by atoms with E-state index in [-0.39, 0.29) is 17.9 Å². The van der Waals surface area contributed by atoms with Crippen LogP contribution in [0, 0.1) is 17.0 Å². The summed E-state index contributed by atoms with van der Waals surface area (Å²) in [5.41, 5.74) is 0.0484. The lowest BCUT2D eigenvalue weighted by atomic mass is 9.74. The molecule has 3 rings (SSSR count). The predicted molar refractivity (Wildman–Crippen MR) is 90.8 cm³/mol. The fourth-order valence-corrected chi connectivity index (χ4v) is 4.53. The molecule has 1 amide bonds. The Labute approximate surface area is 147 Å². The van der Waals surface area contributed by atoms with Crippen LogP contribution in [-0.4, -0.2) is 52.6 Å². The molecule has 6 heteroatoms. The van der Waals surface area contributed by atoms with Gasteiger partial charge in [-0.25, -0.2) is 8.78 Å². The van der Waals surface area contributed by atoms with E-state index in [0.717, 1.165) is 38.4 Å². The molecule has 1 N–H and O–H groups in total. The van der Waals surface area contributed by atoms with Gasteiger partial charge in [-0.3, -0.25) is 9.69 Å². The minimum absolute atomic E-state index is 0.00392. The standard InChI is InChI=1S/C19H26F2N2O2/c1-14(25)23-12-19(11-18(23,2)13-24)5-7-22(8-6-19)10-15-3-4-16(20)9-17(15)21/h3-4,9,24H,5-8,10-13H2,1-2H3/t18-/m1/s1. The van der Waals surface area contributed by atoms with E-state index in [2.05, 4.69) is 4.90 Å². The first-order valence-corrected chi connectivity index (χ1v) is 8.82. The average molecular weight is 352 g/mol. The molecule has 0 unspecified atom stereocenters. The highest BCUT2D eigenvalue weighted by Crippen LogP contribution is 2.48. The van der Waals surface area contributed by atoms with Crippen molar-refractivity contribution in [1.82, 2.24) is 9.80 Å². The van der Waals surface area contributed by atoms with E-state index in [1.54, 1.807) is 6.92 Å². The second-order valence-electron chi connectivity index (χ2n) is 7.95. The van der Waals surface area contributed by atoms with Crippen LogP contribution in [0.3, 0.4) is 0 Å². The quantitative estimate of drug-likeness (QED) is 0.909. The Bertz CT molecular complexity index is 659. The Morgan fingerprint density at radius 1 is 1.28 bits per heavy atom. The lowest BCUT2D eigenvalue weighted by molar-refractivity contribution is -0.134. The summed E-state index contributed by atoms with van der Waals surface area (Å²) in [6.07, 6.45) is 2.62. The zero-order valence-corrected chi connectivity index (χ0v) is 14.9. The van der Waals surface area contributed by atoms with Crippen molar-refractivity contribution in [2.45, 2.75) is 45.2 Å². The molecule has 4 nitrogen and oxygen atoms in total. The summed E-state index contributed by atoms with van der Waals surface area (Å²) in [4.78, 5) is 15.9. The van der Waals surface area contributed by atoms with Crippen molar-refractivity contribution < 1.29 is 18.7 Å². The summed E-state index contributed by atoms with van der Waals surface area (Å²) in [7, 11) is 0. The number of aliphatic hydroxyl groups is 1. The molecule has 25 heavy (non-hydrogen) atoms. The number of hydrogen-bond donors (Lipinski definition) is 1. The van der Waals surface area contributed by atoms with Gasteiger partial charge in [-0.05, 0) is 50.8 Å². The predicted octanol–water partition coefficient (Wildman–Crippen LogP) is 2.55. The van der Waals surface area contributed by atoms with Crippen molar-refractivity contribution in [1.29, 1.82) is 0 Å². The second-order valence-corrected chi connectivity index (χ2v) is 7.95. The molecule has 0 aromatic heterocycles. The number of aliphatic hydroxyl groups excluding tert-OH is 1. The number of halogens is 2. The third-order valence-electron chi connectivity index (χ3n) is 5.95. The molecule has 2 aliphatic rings. The molecule has 0 bridgehead atoms. The third kappa shape index (κ3) is 3.55. The highest BCUT2D eigenvalue weighted by atomic mass is 19.1. The van der Waals surface area contributed by atoms with Crippen molar-refractivity contribution in [3.05, 3.63) is 35.4 Å². The smallest absolute Gasteiger partial charge is 0.219 e. The van der Waals surface area contributed by atoms with Gasteiger partial charge in [0.15, 0.2) is 0 Å². The molecular weight excluding hydrogens is 326 g/mol. The molecule has 0 saturated carbocycles. The summed E-state index contributed by atoms with van der Waals surface area (Å²) in [5, 5.41) is 9.78. The van der Waals surface area contributed by atoms with E-state index in [9.17, 15) is 18.7 Å². The number of carbonyl (C=O) groups is 1. The fraction of sp³-hybridized carbons (Fsp3) is 0.632. The van der Waals surface area contributed by atoms with Gasteiger partial charge in [-0.1, -0.05) is 6.07 Å². The molecular formula is C19H26F2N2O2. The van der Waals surface area contributed by atoms with E-state index in [0.29, 0.717) is 18.7 Å². The van der Waals surface area contributed by atoms with Crippen molar-refractivity contribution in [2.24, 2.45) is 5.41 Å².